The van der Waals surface area contributed by atoms with Gasteiger partial charge in [-0.2, -0.15) is 0 Å². The van der Waals surface area contributed by atoms with Gasteiger partial charge in [-0.15, -0.1) is 0 Å². The Morgan fingerprint density at radius 3 is 2.10 bits per heavy atom. The summed E-state index contributed by atoms with van der Waals surface area (Å²) in [5, 5.41) is 10.4. The molecule has 1 nitrogen and oxygen atoms in total. The third-order valence-electron chi connectivity index (χ3n) is 7.13. The van der Waals surface area contributed by atoms with Crippen LogP contribution in [-0.4, -0.2) is 15.5 Å². The molecule has 0 radical (unpaired) electrons. The molecule has 0 amide bonds. The molecule has 0 aromatic rings. The Balaban J connectivity index is 1.71. The van der Waals surface area contributed by atoms with Gasteiger partial charge in [0.05, 0.1) is 5.60 Å². The van der Waals surface area contributed by atoms with Gasteiger partial charge in [0.15, 0.2) is 0 Å². The van der Waals surface area contributed by atoms with Crippen molar-refractivity contribution in [2.24, 2.45) is 29.1 Å². The van der Waals surface area contributed by atoms with E-state index in [0.717, 1.165) is 36.5 Å². The number of rotatable bonds is 1. The second-order valence-corrected chi connectivity index (χ2v) is 10.1. The van der Waals surface area contributed by atoms with E-state index in [-0.39, 0.29) is 5.60 Å². The highest BCUT2D eigenvalue weighted by molar-refractivity contribution is 9.09. The molecule has 3 aliphatic carbocycles. The first kappa shape index (κ1) is 15.3. The molecule has 3 saturated carbocycles. The van der Waals surface area contributed by atoms with E-state index < -0.39 is 0 Å². The average molecular weight is 343 g/mol. The fraction of sp³-hybridized carbons (Fsp3) is 1.00. The van der Waals surface area contributed by atoms with Crippen LogP contribution in [0.25, 0.3) is 0 Å². The summed E-state index contributed by atoms with van der Waals surface area (Å²) in [5.74, 6) is 3.65. The molecule has 1 N–H and O–H groups in total. The van der Waals surface area contributed by atoms with Crippen LogP contribution in [0.1, 0.15) is 72.1 Å². The number of aliphatic hydroxyl groups is 1. The topological polar surface area (TPSA) is 20.2 Å². The van der Waals surface area contributed by atoms with Gasteiger partial charge >= 0.3 is 0 Å². The molecule has 0 bridgehead atoms. The molecule has 116 valence electrons. The van der Waals surface area contributed by atoms with Gasteiger partial charge in [0.1, 0.15) is 0 Å². The van der Waals surface area contributed by atoms with Crippen LogP contribution in [0.5, 0.6) is 0 Å². The van der Waals surface area contributed by atoms with E-state index in [1.807, 2.05) is 0 Å². The largest absolute Gasteiger partial charge is 0.390 e. The summed E-state index contributed by atoms with van der Waals surface area (Å²) in [6.45, 7) is 6.88. The maximum atomic E-state index is 10.4. The van der Waals surface area contributed by atoms with E-state index in [9.17, 15) is 5.11 Å². The minimum atomic E-state index is -0.373. The molecule has 0 aromatic carbocycles. The summed E-state index contributed by atoms with van der Waals surface area (Å²) in [4.78, 5) is 0.640. The molecule has 0 aromatic heterocycles. The van der Waals surface area contributed by atoms with Crippen molar-refractivity contribution >= 4 is 15.9 Å². The third-order valence-corrected chi connectivity index (χ3v) is 8.23. The predicted molar refractivity (Wildman–Crippen MR) is 88.0 cm³/mol. The van der Waals surface area contributed by atoms with Gasteiger partial charge in [0.25, 0.3) is 0 Å². The van der Waals surface area contributed by atoms with Crippen molar-refractivity contribution in [1.82, 2.24) is 0 Å². The summed E-state index contributed by atoms with van der Waals surface area (Å²) in [6.07, 6.45) is 10.4. The molecule has 1 unspecified atom stereocenters. The summed E-state index contributed by atoms with van der Waals surface area (Å²) >= 11 is 3.86. The standard InChI is InChI=1S/C18H31BrO/c1-12(19)17(2)8-6-15-13(10-17)4-5-14-11-18(3,20)9-7-16(14)15/h12-16,20H,4-11H2,1-3H3/t12?,13-,14+,15-,16-,17-,18+/m0/s1. The number of halogens is 1. The maximum absolute atomic E-state index is 10.4. The molecule has 3 aliphatic rings. The van der Waals surface area contributed by atoms with Gasteiger partial charge in [0, 0.05) is 4.83 Å². The molecule has 0 saturated heterocycles. The highest BCUT2D eigenvalue weighted by atomic mass is 79.9. The van der Waals surface area contributed by atoms with E-state index in [2.05, 4.69) is 36.7 Å². The molecule has 0 aliphatic heterocycles. The molecular weight excluding hydrogens is 312 g/mol. The summed E-state index contributed by atoms with van der Waals surface area (Å²) in [6, 6.07) is 0. The zero-order chi connectivity index (χ0) is 14.5. The van der Waals surface area contributed by atoms with Crippen LogP contribution in [0.2, 0.25) is 0 Å². The van der Waals surface area contributed by atoms with E-state index in [0.29, 0.717) is 10.2 Å². The number of hydrogen-bond acceptors (Lipinski definition) is 1. The molecule has 0 spiro atoms. The van der Waals surface area contributed by atoms with Crippen molar-refractivity contribution in [3.8, 4) is 0 Å². The lowest BCUT2D eigenvalue weighted by molar-refractivity contribution is -0.0776. The Kier molecular flexibility index (Phi) is 4.04. The molecular formula is C18H31BrO. The monoisotopic (exact) mass is 342 g/mol. The molecule has 0 heterocycles. The Morgan fingerprint density at radius 1 is 0.950 bits per heavy atom. The summed E-state index contributed by atoms with van der Waals surface area (Å²) in [5.41, 5.74) is 0.135. The average Bonchev–Trinajstić information content (AvgIpc) is 2.37. The Labute approximate surface area is 133 Å². The van der Waals surface area contributed by atoms with E-state index in [4.69, 9.17) is 0 Å². The zero-order valence-electron chi connectivity index (χ0n) is 13.4. The fourth-order valence-electron chi connectivity index (χ4n) is 5.67. The second kappa shape index (κ2) is 5.26. The van der Waals surface area contributed by atoms with Crippen molar-refractivity contribution in [2.45, 2.75) is 82.6 Å². The second-order valence-electron chi connectivity index (χ2n) is 8.68. The van der Waals surface area contributed by atoms with Crippen LogP contribution >= 0.6 is 15.9 Å². The minimum absolute atomic E-state index is 0.373. The van der Waals surface area contributed by atoms with Crippen molar-refractivity contribution in [3.63, 3.8) is 0 Å². The Hall–Kier alpha value is 0.440. The van der Waals surface area contributed by atoms with E-state index >= 15 is 0 Å². The quantitative estimate of drug-likeness (QED) is 0.653. The number of hydrogen-bond donors (Lipinski definition) is 1. The van der Waals surface area contributed by atoms with Gasteiger partial charge in [0.2, 0.25) is 0 Å². The van der Waals surface area contributed by atoms with Crippen LogP contribution in [-0.2, 0) is 0 Å². The third kappa shape index (κ3) is 2.72. The lowest BCUT2D eigenvalue weighted by Gasteiger charge is -2.54. The van der Waals surface area contributed by atoms with Crippen molar-refractivity contribution in [1.29, 1.82) is 0 Å². The lowest BCUT2D eigenvalue weighted by Crippen LogP contribution is -2.47. The van der Waals surface area contributed by atoms with Crippen molar-refractivity contribution < 1.29 is 5.11 Å². The van der Waals surface area contributed by atoms with Crippen LogP contribution < -0.4 is 0 Å². The minimum Gasteiger partial charge on any atom is -0.390 e. The number of fused-ring (bicyclic) bond motifs is 3. The number of alkyl halides is 1. The first-order chi connectivity index (χ1) is 9.31. The van der Waals surface area contributed by atoms with Gasteiger partial charge in [-0.05, 0) is 87.4 Å². The molecule has 20 heavy (non-hydrogen) atoms. The maximum Gasteiger partial charge on any atom is 0.0622 e. The highest BCUT2D eigenvalue weighted by Crippen LogP contribution is 2.57. The predicted octanol–water partition coefficient (Wildman–Crippen LogP) is 5.15. The molecule has 7 atom stereocenters. The van der Waals surface area contributed by atoms with Gasteiger partial charge < -0.3 is 5.11 Å². The van der Waals surface area contributed by atoms with E-state index in [1.54, 1.807) is 0 Å². The van der Waals surface area contributed by atoms with Gasteiger partial charge in [-0.3, -0.25) is 0 Å². The van der Waals surface area contributed by atoms with E-state index in [1.165, 1.54) is 38.5 Å². The van der Waals surface area contributed by atoms with Crippen LogP contribution in [0, 0.1) is 29.1 Å². The van der Waals surface area contributed by atoms with Crippen LogP contribution in [0.4, 0.5) is 0 Å². The lowest BCUT2D eigenvalue weighted by atomic mass is 9.52. The smallest absolute Gasteiger partial charge is 0.0622 e. The van der Waals surface area contributed by atoms with Gasteiger partial charge in [-0.25, -0.2) is 0 Å². The molecule has 3 fully saturated rings. The highest BCUT2D eigenvalue weighted by Gasteiger charge is 2.49. The molecule has 3 rings (SSSR count). The van der Waals surface area contributed by atoms with Crippen LogP contribution in [0.3, 0.4) is 0 Å². The zero-order valence-corrected chi connectivity index (χ0v) is 15.0. The van der Waals surface area contributed by atoms with Crippen molar-refractivity contribution in [2.75, 3.05) is 0 Å². The van der Waals surface area contributed by atoms with Crippen molar-refractivity contribution in [3.05, 3.63) is 0 Å². The SMILES string of the molecule is CC(Br)[C@@]1(C)CC[C@H]2[C@@H](CC[C@@H]3C[C@](C)(O)CC[C@@H]32)C1. The van der Waals surface area contributed by atoms with Crippen LogP contribution in [0.15, 0.2) is 0 Å². The molecule has 2 heteroatoms. The Bertz CT molecular complexity index is 364. The fourth-order valence-corrected chi connectivity index (χ4v) is 6.08. The first-order valence-corrected chi connectivity index (χ1v) is 9.59. The normalized spacial score (nSPS) is 53.9. The summed E-state index contributed by atoms with van der Waals surface area (Å²) < 4.78 is 0. The first-order valence-electron chi connectivity index (χ1n) is 8.67. The van der Waals surface area contributed by atoms with Gasteiger partial charge in [-0.1, -0.05) is 29.8 Å². The Morgan fingerprint density at radius 2 is 1.50 bits per heavy atom. The summed E-state index contributed by atoms with van der Waals surface area (Å²) in [7, 11) is 0.